The lowest BCUT2D eigenvalue weighted by atomic mass is 9.98. The number of aromatic nitrogens is 2. The Hall–Kier alpha value is -7.34. The third-order valence-corrected chi connectivity index (χ3v) is 10.9. The minimum Gasteiger partial charge on any atom is -0.451 e. The van der Waals surface area contributed by atoms with E-state index in [2.05, 4.69) is 5.32 Å². The Balaban J connectivity index is 1.05. The number of aryl methyl sites for hydroxylation is 1. The first kappa shape index (κ1) is 38.5. The highest BCUT2D eigenvalue weighted by molar-refractivity contribution is 5.95. The first-order valence-corrected chi connectivity index (χ1v) is 19.3. The van der Waals surface area contributed by atoms with Gasteiger partial charge in [-0.3, -0.25) is 19.0 Å². The molecule has 1 aromatic heterocycles. The van der Waals surface area contributed by atoms with E-state index in [1.54, 1.807) is 18.2 Å². The van der Waals surface area contributed by atoms with Crippen LogP contribution >= 0.6 is 0 Å². The van der Waals surface area contributed by atoms with Crippen LogP contribution in [0.25, 0.3) is 11.1 Å². The third kappa shape index (κ3) is 7.72. The second-order valence-electron chi connectivity index (χ2n) is 14.6. The molecule has 0 bridgehead atoms. The standard InChI is InChI=1S/C47H40N4O8/c1-30-27-49(47(57)51(43(30)53)44(54)33-19-9-4-10-20-33)34-25-40(45(55)59-42(31-15-5-2-6-16-31)32-17-7-3-8-18-32)50(28-34)41(52)26-48-46(56)58-29-39-37-23-13-11-21-35(37)36-22-12-14-24-38(36)39/h2-24,27,34,39-40,42H,25-26,28-29H2,1H3,(H,48,56)/t34-,40+/m0/s1. The highest BCUT2D eigenvalue weighted by Gasteiger charge is 2.43. The zero-order valence-electron chi connectivity index (χ0n) is 32.1. The van der Waals surface area contributed by atoms with Crippen molar-refractivity contribution in [1.29, 1.82) is 0 Å². The number of carbonyl (C=O) groups excluding carboxylic acids is 4. The molecule has 0 radical (unpaired) electrons. The van der Waals surface area contributed by atoms with Gasteiger partial charge in [0.1, 0.15) is 19.2 Å². The summed E-state index contributed by atoms with van der Waals surface area (Å²) in [6.07, 6.45) is -0.383. The van der Waals surface area contributed by atoms with Crippen molar-refractivity contribution < 1.29 is 28.7 Å². The van der Waals surface area contributed by atoms with Gasteiger partial charge >= 0.3 is 17.8 Å². The quantitative estimate of drug-likeness (QED) is 0.166. The number of hydrogen-bond acceptors (Lipinski definition) is 8. The van der Waals surface area contributed by atoms with E-state index in [9.17, 15) is 28.8 Å². The molecule has 0 saturated carbocycles. The lowest BCUT2D eigenvalue weighted by Crippen LogP contribution is -2.47. The zero-order valence-corrected chi connectivity index (χ0v) is 32.1. The van der Waals surface area contributed by atoms with Crippen LogP contribution < -0.4 is 16.6 Å². The Labute approximate surface area is 339 Å². The monoisotopic (exact) mass is 788 g/mol. The molecular weight excluding hydrogens is 749 g/mol. The van der Waals surface area contributed by atoms with Gasteiger partial charge in [-0.2, -0.15) is 4.57 Å². The number of nitrogens with zero attached hydrogens (tertiary/aromatic N) is 3. The molecule has 1 N–H and O–H groups in total. The van der Waals surface area contributed by atoms with E-state index >= 15 is 0 Å². The lowest BCUT2D eigenvalue weighted by Gasteiger charge is -2.26. The molecule has 12 nitrogen and oxygen atoms in total. The molecule has 1 fully saturated rings. The summed E-state index contributed by atoms with van der Waals surface area (Å²) in [5, 5.41) is 2.54. The Morgan fingerprint density at radius 2 is 1.27 bits per heavy atom. The number of benzene rings is 5. The Morgan fingerprint density at radius 3 is 1.86 bits per heavy atom. The van der Waals surface area contributed by atoms with Crippen LogP contribution in [0.5, 0.6) is 0 Å². The number of ether oxygens (including phenoxy) is 2. The van der Waals surface area contributed by atoms with Gasteiger partial charge in [0.05, 0.1) is 6.04 Å². The summed E-state index contributed by atoms with van der Waals surface area (Å²) in [5.74, 6) is -2.36. The van der Waals surface area contributed by atoms with Crippen LogP contribution in [0.3, 0.4) is 0 Å². The summed E-state index contributed by atoms with van der Waals surface area (Å²) in [4.78, 5) is 83.6. The van der Waals surface area contributed by atoms with Gasteiger partial charge in [-0.1, -0.05) is 127 Å². The van der Waals surface area contributed by atoms with Gasteiger partial charge in [0, 0.05) is 36.2 Å². The van der Waals surface area contributed by atoms with Gasteiger partial charge in [0.2, 0.25) is 5.91 Å². The molecule has 59 heavy (non-hydrogen) atoms. The molecule has 1 saturated heterocycles. The average Bonchev–Trinajstić information content (AvgIpc) is 3.86. The number of rotatable bonds is 10. The van der Waals surface area contributed by atoms with Crippen molar-refractivity contribution in [3.8, 4) is 11.1 Å². The van der Waals surface area contributed by atoms with Gasteiger partial charge < -0.3 is 19.7 Å². The predicted octanol–water partition coefficient (Wildman–Crippen LogP) is 6.02. The van der Waals surface area contributed by atoms with Crippen LogP contribution in [0.2, 0.25) is 0 Å². The minimum atomic E-state index is -1.20. The summed E-state index contributed by atoms with van der Waals surface area (Å²) < 4.78 is 13.6. The number of hydrogen-bond donors (Lipinski definition) is 1. The molecule has 0 spiro atoms. The molecule has 1 aliphatic carbocycles. The van der Waals surface area contributed by atoms with Crippen LogP contribution in [0.4, 0.5) is 4.79 Å². The van der Waals surface area contributed by atoms with E-state index in [4.69, 9.17) is 9.47 Å². The van der Waals surface area contributed by atoms with Crippen molar-refractivity contribution in [3.63, 3.8) is 0 Å². The number of carbonyl (C=O) groups is 4. The smallest absolute Gasteiger partial charge is 0.407 e. The zero-order chi connectivity index (χ0) is 41.0. The summed E-state index contributed by atoms with van der Waals surface area (Å²) in [5.41, 5.74) is 4.19. The number of amides is 2. The molecule has 8 rings (SSSR count). The number of nitrogens with one attached hydrogen (secondary N) is 1. The molecule has 296 valence electrons. The van der Waals surface area contributed by atoms with E-state index in [0.29, 0.717) is 15.7 Å². The lowest BCUT2D eigenvalue weighted by molar-refractivity contribution is -0.156. The Morgan fingerprint density at radius 1 is 0.729 bits per heavy atom. The van der Waals surface area contributed by atoms with Crippen molar-refractivity contribution in [2.45, 2.75) is 37.5 Å². The van der Waals surface area contributed by atoms with Crippen LogP contribution in [-0.4, -0.2) is 63.6 Å². The van der Waals surface area contributed by atoms with Crippen LogP contribution in [0.15, 0.2) is 155 Å². The molecule has 2 heterocycles. The van der Waals surface area contributed by atoms with E-state index in [1.165, 1.54) is 34.7 Å². The van der Waals surface area contributed by atoms with Crippen molar-refractivity contribution in [2.75, 3.05) is 19.7 Å². The van der Waals surface area contributed by atoms with Crippen molar-refractivity contribution in [1.82, 2.24) is 19.4 Å². The summed E-state index contributed by atoms with van der Waals surface area (Å²) >= 11 is 0. The maximum absolute atomic E-state index is 14.3. The fourth-order valence-corrected chi connectivity index (χ4v) is 8.04. The van der Waals surface area contributed by atoms with Crippen LogP contribution in [0.1, 0.15) is 62.7 Å². The fourth-order valence-electron chi connectivity index (χ4n) is 8.04. The van der Waals surface area contributed by atoms with E-state index in [0.717, 1.165) is 22.3 Å². The van der Waals surface area contributed by atoms with Gasteiger partial charge in [-0.15, -0.1) is 0 Å². The molecule has 0 unspecified atom stereocenters. The molecule has 1 aliphatic heterocycles. The summed E-state index contributed by atoms with van der Waals surface area (Å²) in [7, 11) is 0. The molecule has 12 heteroatoms. The van der Waals surface area contributed by atoms with E-state index < -0.39 is 59.9 Å². The number of fused-ring (bicyclic) bond motifs is 3. The second-order valence-corrected chi connectivity index (χ2v) is 14.6. The van der Waals surface area contributed by atoms with Crippen molar-refractivity contribution in [2.24, 2.45) is 0 Å². The normalized spacial score (nSPS) is 15.7. The van der Waals surface area contributed by atoms with E-state index in [1.807, 2.05) is 109 Å². The van der Waals surface area contributed by atoms with Gasteiger partial charge in [-0.25, -0.2) is 14.4 Å². The Bertz CT molecular complexity index is 2580. The second kappa shape index (κ2) is 16.6. The number of alkyl carbamates (subject to hydrolysis) is 1. The highest BCUT2D eigenvalue weighted by Crippen LogP contribution is 2.44. The predicted molar refractivity (Wildman–Crippen MR) is 219 cm³/mol. The van der Waals surface area contributed by atoms with Crippen molar-refractivity contribution >= 4 is 23.9 Å². The van der Waals surface area contributed by atoms with Crippen LogP contribution in [0, 0.1) is 6.92 Å². The maximum atomic E-state index is 14.3. The molecule has 2 atom stereocenters. The minimum absolute atomic E-state index is 0.0365. The molecule has 2 aliphatic rings. The number of esters is 1. The van der Waals surface area contributed by atoms with Crippen molar-refractivity contribution in [3.05, 3.63) is 200 Å². The van der Waals surface area contributed by atoms with Gasteiger partial charge in [0.15, 0.2) is 6.10 Å². The first-order chi connectivity index (χ1) is 28.7. The summed E-state index contributed by atoms with van der Waals surface area (Å²) in [6.45, 7) is 0.839. The number of likely N-dealkylation sites (tertiary alicyclic amines) is 1. The SMILES string of the molecule is Cc1cn([C@H]2C[C@H](C(=O)OC(c3ccccc3)c3ccccc3)N(C(=O)CNC(=O)OCC3c4ccccc4-c4ccccc43)C2)c(=O)n(C(=O)c2ccccc2)c1=O. The van der Waals surface area contributed by atoms with Crippen LogP contribution in [-0.2, 0) is 19.1 Å². The molecule has 5 aromatic carbocycles. The summed E-state index contributed by atoms with van der Waals surface area (Å²) in [6, 6.07) is 40.1. The van der Waals surface area contributed by atoms with Gasteiger partial charge in [0.25, 0.3) is 11.5 Å². The molecular formula is C47H40N4O8. The van der Waals surface area contributed by atoms with Gasteiger partial charge in [-0.05, 0) is 52.4 Å². The topological polar surface area (TPSA) is 146 Å². The first-order valence-electron chi connectivity index (χ1n) is 19.3. The molecule has 6 aromatic rings. The highest BCUT2D eigenvalue weighted by atomic mass is 16.6. The maximum Gasteiger partial charge on any atom is 0.407 e. The Kier molecular flexibility index (Phi) is 10.9. The van der Waals surface area contributed by atoms with E-state index in [-0.39, 0.29) is 36.6 Å². The fraction of sp³-hybridized carbons (Fsp3) is 0.191. The average molecular weight is 789 g/mol. The third-order valence-electron chi connectivity index (χ3n) is 10.9. The molecule has 2 amide bonds. The largest absolute Gasteiger partial charge is 0.451 e.